The standard InChI is InChI=1S/C15H22N2O2/c1-11-9-12(10-13(14(11)16)15(18)19)17-7-5-3-2-4-6-8-17/h9-10H,2-8,16H2,1H3,(H,18,19). The highest BCUT2D eigenvalue weighted by molar-refractivity contribution is 5.95. The molecule has 0 bridgehead atoms. The van der Waals surface area contributed by atoms with Gasteiger partial charge < -0.3 is 15.7 Å². The number of hydrogen-bond donors (Lipinski definition) is 2. The van der Waals surface area contributed by atoms with Gasteiger partial charge in [0.2, 0.25) is 0 Å². The minimum atomic E-state index is -0.950. The average Bonchev–Trinajstić information content (AvgIpc) is 2.32. The normalized spacial score (nSPS) is 16.8. The molecule has 104 valence electrons. The van der Waals surface area contributed by atoms with E-state index in [1.54, 1.807) is 6.07 Å². The number of nitrogens with two attached hydrogens (primary N) is 1. The van der Waals surface area contributed by atoms with Crippen LogP contribution in [-0.2, 0) is 0 Å². The van der Waals surface area contributed by atoms with Gasteiger partial charge in [0.05, 0.1) is 5.56 Å². The number of benzene rings is 1. The fourth-order valence-corrected chi connectivity index (χ4v) is 2.64. The van der Waals surface area contributed by atoms with Crippen molar-refractivity contribution in [2.45, 2.75) is 39.0 Å². The van der Waals surface area contributed by atoms with Crippen LogP contribution < -0.4 is 10.6 Å². The predicted octanol–water partition coefficient (Wildman–Crippen LogP) is 3.05. The predicted molar refractivity (Wildman–Crippen MR) is 77.8 cm³/mol. The van der Waals surface area contributed by atoms with Crippen molar-refractivity contribution < 1.29 is 9.90 Å². The third-order valence-electron chi connectivity index (χ3n) is 3.82. The SMILES string of the molecule is Cc1cc(N2CCCCCCC2)cc(C(=O)O)c1N. The van der Waals surface area contributed by atoms with Gasteiger partial charge in [0, 0.05) is 24.5 Å². The molecule has 4 heteroatoms. The van der Waals surface area contributed by atoms with E-state index >= 15 is 0 Å². The van der Waals surface area contributed by atoms with E-state index in [1.165, 1.54) is 32.1 Å². The van der Waals surface area contributed by atoms with Gasteiger partial charge in [0.15, 0.2) is 0 Å². The summed E-state index contributed by atoms with van der Waals surface area (Å²) in [5, 5.41) is 9.21. The third kappa shape index (κ3) is 3.19. The molecule has 1 aromatic rings. The first-order valence-electron chi connectivity index (χ1n) is 6.98. The molecular weight excluding hydrogens is 240 g/mol. The Hall–Kier alpha value is -1.71. The van der Waals surface area contributed by atoms with Crippen LogP contribution in [0.3, 0.4) is 0 Å². The summed E-state index contributed by atoms with van der Waals surface area (Å²) < 4.78 is 0. The first kappa shape index (κ1) is 13.7. The number of carboxylic acids is 1. The maximum Gasteiger partial charge on any atom is 0.337 e. The van der Waals surface area contributed by atoms with Crippen LogP contribution >= 0.6 is 0 Å². The van der Waals surface area contributed by atoms with Gasteiger partial charge in [0.1, 0.15) is 0 Å². The van der Waals surface area contributed by atoms with Crippen LogP contribution in [0.4, 0.5) is 11.4 Å². The number of anilines is 2. The van der Waals surface area contributed by atoms with E-state index in [4.69, 9.17) is 5.73 Å². The molecule has 1 aliphatic rings. The Kier molecular flexibility index (Phi) is 4.30. The van der Waals surface area contributed by atoms with Crippen LogP contribution in [0.1, 0.15) is 48.0 Å². The van der Waals surface area contributed by atoms with Crippen molar-refractivity contribution in [2.75, 3.05) is 23.7 Å². The first-order valence-corrected chi connectivity index (χ1v) is 6.98. The molecule has 3 N–H and O–H groups in total. The lowest BCUT2D eigenvalue weighted by Crippen LogP contribution is -2.27. The second kappa shape index (κ2) is 5.95. The fraction of sp³-hybridized carbons (Fsp3) is 0.533. The summed E-state index contributed by atoms with van der Waals surface area (Å²) in [4.78, 5) is 13.5. The zero-order valence-electron chi connectivity index (χ0n) is 11.5. The Morgan fingerprint density at radius 3 is 2.32 bits per heavy atom. The number of nitrogen functional groups attached to an aromatic ring is 1. The third-order valence-corrected chi connectivity index (χ3v) is 3.82. The van der Waals surface area contributed by atoms with E-state index in [2.05, 4.69) is 4.90 Å². The molecule has 0 aromatic heterocycles. The van der Waals surface area contributed by atoms with Crippen LogP contribution in [0.15, 0.2) is 12.1 Å². The summed E-state index contributed by atoms with van der Waals surface area (Å²) in [5.41, 5.74) is 8.27. The van der Waals surface area contributed by atoms with Gasteiger partial charge in [-0.15, -0.1) is 0 Å². The van der Waals surface area contributed by atoms with E-state index < -0.39 is 5.97 Å². The van der Waals surface area contributed by atoms with Crippen LogP contribution in [0.2, 0.25) is 0 Å². The van der Waals surface area contributed by atoms with Gasteiger partial charge in [-0.05, 0) is 37.5 Å². The Bertz CT molecular complexity index is 463. The number of rotatable bonds is 2. The summed E-state index contributed by atoms with van der Waals surface area (Å²) >= 11 is 0. The molecule has 0 saturated carbocycles. The topological polar surface area (TPSA) is 66.6 Å². The molecule has 4 nitrogen and oxygen atoms in total. The Morgan fingerprint density at radius 2 is 1.74 bits per heavy atom. The zero-order valence-corrected chi connectivity index (χ0v) is 11.5. The van der Waals surface area contributed by atoms with Crippen LogP contribution in [0.5, 0.6) is 0 Å². The van der Waals surface area contributed by atoms with E-state index in [0.717, 1.165) is 24.3 Å². The molecule has 0 spiro atoms. The summed E-state index contributed by atoms with van der Waals surface area (Å²) in [6.07, 6.45) is 6.18. The van der Waals surface area contributed by atoms with Crippen molar-refractivity contribution in [3.8, 4) is 0 Å². The number of carboxylic acid groups (broad SMARTS) is 1. The molecule has 1 saturated heterocycles. The van der Waals surface area contributed by atoms with E-state index in [-0.39, 0.29) is 5.56 Å². The molecule has 1 fully saturated rings. The highest BCUT2D eigenvalue weighted by Crippen LogP contribution is 2.27. The van der Waals surface area contributed by atoms with Crippen molar-refractivity contribution in [3.05, 3.63) is 23.3 Å². The molecule has 19 heavy (non-hydrogen) atoms. The summed E-state index contributed by atoms with van der Waals surface area (Å²) in [6.45, 7) is 3.88. The van der Waals surface area contributed by atoms with Gasteiger partial charge in [-0.3, -0.25) is 0 Å². The number of nitrogens with zero attached hydrogens (tertiary/aromatic N) is 1. The minimum Gasteiger partial charge on any atom is -0.478 e. The minimum absolute atomic E-state index is 0.219. The molecule has 1 aliphatic heterocycles. The van der Waals surface area contributed by atoms with Gasteiger partial charge in [0.25, 0.3) is 0 Å². The zero-order chi connectivity index (χ0) is 13.8. The Morgan fingerprint density at radius 1 is 1.16 bits per heavy atom. The maximum absolute atomic E-state index is 11.2. The van der Waals surface area contributed by atoms with Crippen LogP contribution in [0, 0.1) is 6.92 Å². The number of aryl methyl sites for hydroxylation is 1. The van der Waals surface area contributed by atoms with Gasteiger partial charge >= 0.3 is 5.97 Å². The first-order chi connectivity index (χ1) is 9.09. The van der Waals surface area contributed by atoms with E-state index in [1.807, 2.05) is 13.0 Å². The maximum atomic E-state index is 11.2. The van der Waals surface area contributed by atoms with Crippen molar-refractivity contribution in [2.24, 2.45) is 0 Å². The van der Waals surface area contributed by atoms with E-state index in [9.17, 15) is 9.90 Å². The molecule has 0 aliphatic carbocycles. The highest BCUT2D eigenvalue weighted by Gasteiger charge is 2.15. The lowest BCUT2D eigenvalue weighted by molar-refractivity contribution is 0.0698. The molecule has 0 atom stereocenters. The lowest BCUT2D eigenvalue weighted by atomic mass is 10.0. The molecule has 2 rings (SSSR count). The van der Waals surface area contributed by atoms with Crippen molar-refractivity contribution in [1.29, 1.82) is 0 Å². The molecule has 0 unspecified atom stereocenters. The van der Waals surface area contributed by atoms with Crippen LogP contribution in [-0.4, -0.2) is 24.2 Å². The fourth-order valence-electron chi connectivity index (χ4n) is 2.64. The number of carbonyl (C=O) groups is 1. The van der Waals surface area contributed by atoms with Crippen LogP contribution in [0.25, 0.3) is 0 Å². The number of hydrogen-bond acceptors (Lipinski definition) is 3. The summed E-state index contributed by atoms with van der Waals surface area (Å²) in [5.74, 6) is -0.950. The largest absolute Gasteiger partial charge is 0.478 e. The molecular formula is C15H22N2O2. The average molecular weight is 262 g/mol. The van der Waals surface area contributed by atoms with Gasteiger partial charge in [-0.1, -0.05) is 19.3 Å². The van der Waals surface area contributed by atoms with E-state index in [0.29, 0.717) is 5.69 Å². The monoisotopic (exact) mass is 262 g/mol. The highest BCUT2D eigenvalue weighted by atomic mass is 16.4. The van der Waals surface area contributed by atoms with Crippen molar-refractivity contribution in [3.63, 3.8) is 0 Å². The Balaban J connectivity index is 2.30. The summed E-state index contributed by atoms with van der Waals surface area (Å²) in [6, 6.07) is 3.72. The summed E-state index contributed by atoms with van der Waals surface area (Å²) in [7, 11) is 0. The quantitative estimate of drug-likeness (QED) is 0.804. The second-order valence-corrected chi connectivity index (χ2v) is 5.28. The number of aromatic carboxylic acids is 1. The molecule has 0 amide bonds. The van der Waals surface area contributed by atoms with Gasteiger partial charge in [-0.2, -0.15) is 0 Å². The molecule has 0 radical (unpaired) electrons. The molecule has 1 aromatic carbocycles. The Labute approximate surface area is 114 Å². The second-order valence-electron chi connectivity index (χ2n) is 5.28. The molecule has 1 heterocycles. The smallest absolute Gasteiger partial charge is 0.337 e. The van der Waals surface area contributed by atoms with Gasteiger partial charge in [-0.25, -0.2) is 4.79 Å². The lowest BCUT2D eigenvalue weighted by Gasteiger charge is -2.27. The van der Waals surface area contributed by atoms with Crippen molar-refractivity contribution in [1.82, 2.24) is 0 Å². The van der Waals surface area contributed by atoms with Crippen molar-refractivity contribution >= 4 is 17.3 Å².